The first-order valence-corrected chi connectivity index (χ1v) is 15.7. The van der Waals surface area contributed by atoms with Gasteiger partial charge in [0, 0.05) is 37.2 Å². The maximum absolute atomic E-state index is 6.41. The lowest BCUT2D eigenvalue weighted by Gasteiger charge is -2.32. The minimum atomic E-state index is -0.390. The molecule has 0 aliphatic carbocycles. The van der Waals surface area contributed by atoms with Gasteiger partial charge in [-0.25, -0.2) is 0 Å². The highest BCUT2D eigenvalue weighted by atomic mass is 32.1. The van der Waals surface area contributed by atoms with Gasteiger partial charge >= 0.3 is 7.12 Å². The van der Waals surface area contributed by atoms with E-state index in [0.717, 1.165) is 22.5 Å². The van der Waals surface area contributed by atoms with Crippen LogP contribution in [0.15, 0.2) is 121 Å². The summed E-state index contributed by atoms with van der Waals surface area (Å²) < 4.78 is 15.3. The Labute approximate surface area is 256 Å². The Morgan fingerprint density at radius 1 is 0.512 bits per heavy atom. The van der Waals surface area contributed by atoms with E-state index in [2.05, 4.69) is 154 Å². The second-order valence-electron chi connectivity index (χ2n) is 12.5. The summed E-state index contributed by atoms with van der Waals surface area (Å²) in [6.07, 6.45) is 0. The first-order valence-electron chi connectivity index (χ1n) is 14.9. The smallest absolute Gasteiger partial charge is 0.399 e. The van der Waals surface area contributed by atoms with Gasteiger partial charge in [0.25, 0.3) is 0 Å². The number of thiophene rings is 1. The molecule has 5 heteroatoms. The minimum Gasteiger partial charge on any atom is -0.399 e. The van der Waals surface area contributed by atoms with E-state index in [1.807, 2.05) is 11.3 Å². The van der Waals surface area contributed by atoms with E-state index in [1.165, 1.54) is 41.7 Å². The highest BCUT2D eigenvalue weighted by Crippen LogP contribution is 2.42. The molecule has 1 fully saturated rings. The highest BCUT2D eigenvalue weighted by molar-refractivity contribution is 7.25. The van der Waals surface area contributed by atoms with Crippen LogP contribution in [0.3, 0.4) is 0 Å². The van der Waals surface area contributed by atoms with Gasteiger partial charge in [0.05, 0.1) is 11.2 Å². The Hall–Kier alpha value is -4.16. The van der Waals surface area contributed by atoms with E-state index < -0.39 is 0 Å². The lowest BCUT2D eigenvalue weighted by Crippen LogP contribution is -2.41. The van der Waals surface area contributed by atoms with Gasteiger partial charge in [-0.3, -0.25) is 0 Å². The average molecular weight is 578 g/mol. The normalized spacial score (nSPS) is 16.0. The summed E-state index contributed by atoms with van der Waals surface area (Å²) in [6, 6.07) is 44.0. The van der Waals surface area contributed by atoms with Crippen molar-refractivity contribution in [2.75, 3.05) is 4.90 Å². The maximum Gasteiger partial charge on any atom is 0.494 e. The fourth-order valence-electron chi connectivity index (χ4n) is 6.13. The molecule has 0 spiro atoms. The van der Waals surface area contributed by atoms with Crippen LogP contribution >= 0.6 is 11.3 Å². The van der Waals surface area contributed by atoms with E-state index in [-0.39, 0.29) is 18.3 Å². The number of hydrogen-bond donors (Lipinski definition) is 0. The van der Waals surface area contributed by atoms with Gasteiger partial charge in [-0.15, -0.1) is 11.3 Å². The number of nitrogens with zero attached hydrogens (tertiary/aromatic N) is 1. The van der Waals surface area contributed by atoms with Crippen LogP contribution in [0.5, 0.6) is 0 Å². The molecule has 0 atom stereocenters. The van der Waals surface area contributed by atoms with Crippen LogP contribution < -0.4 is 10.4 Å². The topological polar surface area (TPSA) is 21.7 Å². The molecule has 0 unspecified atom stereocenters. The van der Waals surface area contributed by atoms with Crippen LogP contribution in [0.2, 0.25) is 0 Å². The molecule has 1 aromatic heterocycles. The van der Waals surface area contributed by atoms with Crippen LogP contribution in [0.25, 0.3) is 41.7 Å². The third-order valence-electron chi connectivity index (χ3n) is 9.24. The fourth-order valence-corrected chi connectivity index (χ4v) is 7.19. The summed E-state index contributed by atoms with van der Waals surface area (Å²) in [7, 11) is -0.390. The van der Waals surface area contributed by atoms with E-state index in [9.17, 15) is 0 Å². The molecule has 43 heavy (non-hydrogen) atoms. The summed E-state index contributed by atoms with van der Waals surface area (Å²) in [5.41, 5.74) is 3.68. The van der Waals surface area contributed by atoms with Crippen LogP contribution in [-0.2, 0) is 9.31 Å². The van der Waals surface area contributed by atoms with Crippen molar-refractivity contribution < 1.29 is 9.31 Å². The molecule has 1 aliphatic rings. The van der Waals surface area contributed by atoms with Gasteiger partial charge < -0.3 is 14.2 Å². The van der Waals surface area contributed by atoms with E-state index in [4.69, 9.17) is 9.31 Å². The summed E-state index contributed by atoms with van der Waals surface area (Å²) in [5.74, 6) is 0. The molecule has 6 aromatic carbocycles. The predicted octanol–water partition coefficient (Wildman–Crippen LogP) is 10.1. The molecule has 3 nitrogen and oxygen atoms in total. The number of fused-ring (bicyclic) bond motifs is 5. The van der Waals surface area contributed by atoms with Gasteiger partial charge in [-0.2, -0.15) is 0 Å². The molecule has 210 valence electrons. The van der Waals surface area contributed by atoms with Crippen molar-refractivity contribution in [1.82, 2.24) is 0 Å². The van der Waals surface area contributed by atoms with E-state index in [1.54, 1.807) is 0 Å². The second-order valence-corrected chi connectivity index (χ2v) is 13.6. The predicted molar refractivity (Wildman–Crippen MR) is 185 cm³/mol. The average Bonchev–Trinajstić information content (AvgIpc) is 3.48. The number of benzene rings is 6. The zero-order chi connectivity index (χ0) is 29.3. The molecule has 0 saturated carbocycles. The van der Waals surface area contributed by atoms with Crippen molar-refractivity contribution in [2.24, 2.45) is 0 Å². The van der Waals surface area contributed by atoms with Gasteiger partial charge in [0.1, 0.15) is 0 Å². The molecule has 8 rings (SSSR count). The molecular formula is C38H32BNO2S. The Morgan fingerprint density at radius 3 is 1.56 bits per heavy atom. The van der Waals surface area contributed by atoms with Crippen molar-refractivity contribution in [3.8, 4) is 0 Å². The van der Waals surface area contributed by atoms with Crippen LogP contribution in [0, 0.1) is 0 Å². The van der Waals surface area contributed by atoms with Crippen molar-refractivity contribution in [1.29, 1.82) is 0 Å². The van der Waals surface area contributed by atoms with Gasteiger partial charge in [-0.05, 0) is 103 Å². The van der Waals surface area contributed by atoms with Crippen LogP contribution in [-0.4, -0.2) is 18.3 Å². The first kappa shape index (κ1) is 26.5. The van der Waals surface area contributed by atoms with Crippen molar-refractivity contribution >= 4 is 82.7 Å². The number of rotatable bonds is 4. The van der Waals surface area contributed by atoms with E-state index >= 15 is 0 Å². The standard InChI is InChI=1S/C38H32BNO2S/c1-37(2)38(3,4)42-39(41-37)29-15-19-35-33(23-29)34-24-32(18-20-36(34)43-35)40(30-16-13-25-9-5-7-11-27(25)21-30)31-17-14-26-10-6-8-12-28(26)22-31/h5-24H,1-4H3. The molecule has 1 saturated heterocycles. The largest absolute Gasteiger partial charge is 0.494 e. The first-order chi connectivity index (χ1) is 20.8. The second kappa shape index (κ2) is 9.68. The Balaban J connectivity index is 1.29. The Kier molecular flexibility index (Phi) is 5.96. The lowest BCUT2D eigenvalue weighted by atomic mass is 9.78. The lowest BCUT2D eigenvalue weighted by molar-refractivity contribution is 0.00578. The number of hydrogen-bond acceptors (Lipinski definition) is 4. The highest BCUT2D eigenvalue weighted by Gasteiger charge is 2.51. The fraction of sp³-hybridized carbons (Fsp3) is 0.158. The summed E-state index contributed by atoms with van der Waals surface area (Å²) in [5, 5.41) is 7.38. The molecular weight excluding hydrogens is 545 g/mol. The molecule has 0 N–H and O–H groups in total. The maximum atomic E-state index is 6.41. The Bertz CT molecular complexity index is 2090. The summed E-state index contributed by atoms with van der Waals surface area (Å²) in [6.45, 7) is 8.41. The minimum absolute atomic E-state index is 0.378. The Morgan fingerprint density at radius 2 is 0.977 bits per heavy atom. The SMILES string of the molecule is CC1(C)OB(c2ccc3sc4ccc(N(c5ccc6ccccc6c5)c5ccc6ccccc6c5)cc4c3c2)OC1(C)C. The molecule has 1 aliphatic heterocycles. The van der Waals surface area contributed by atoms with Crippen LogP contribution in [0.1, 0.15) is 27.7 Å². The molecule has 0 bridgehead atoms. The zero-order valence-corrected chi connectivity index (χ0v) is 25.6. The van der Waals surface area contributed by atoms with Crippen molar-refractivity contribution in [2.45, 2.75) is 38.9 Å². The molecule has 2 heterocycles. The number of anilines is 3. The summed E-state index contributed by atoms with van der Waals surface area (Å²) >= 11 is 1.83. The quantitative estimate of drug-likeness (QED) is 0.194. The van der Waals surface area contributed by atoms with Gasteiger partial charge in [-0.1, -0.05) is 72.8 Å². The van der Waals surface area contributed by atoms with Gasteiger partial charge in [0.15, 0.2) is 0 Å². The van der Waals surface area contributed by atoms with Crippen molar-refractivity contribution in [3.63, 3.8) is 0 Å². The molecule has 0 amide bonds. The molecule has 7 aromatic rings. The van der Waals surface area contributed by atoms with Crippen molar-refractivity contribution in [3.05, 3.63) is 121 Å². The third-order valence-corrected chi connectivity index (χ3v) is 10.4. The van der Waals surface area contributed by atoms with E-state index in [0.29, 0.717) is 0 Å². The summed E-state index contributed by atoms with van der Waals surface area (Å²) in [4.78, 5) is 2.37. The molecule has 0 radical (unpaired) electrons. The zero-order valence-electron chi connectivity index (χ0n) is 24.8. The van der Waals surface area contributed by atoms with Crippen LogP contribution in [0.4, 0.5) is 17.1 Å². The monoisotopic (exact) mass is 577 g/mol. The third kappa shape index (κ3) is 4.42. The van der Waals surface area contributed by atoms with Gasteiger partial charge in [0.2, 0.25) is 0 Å².